The molecule has 0 aliphatic carbocycles. The summed E-state index contributed by atoms with van der Waals surface area (Å²) < 4.78 is 0. The van der Waals surface area contributed by atoms with Crippen LogP contribution in [0.4, 0.5) is 0 Å². The first kappa shape index (κ1) is 32.0. The molecule has 0 aliphatic rings. The standard InChI is InChI=1S/C28H41N3O2S3/c1-2-3-4-5-6-7-8-9-10-11-12-13-14-15-16-17-18-19-26(32)29-21-24-35-36-25-22-30-27(33)28-31-20-23-34-28/h3-4,6-7,9-10,12-13,15-16,20,23H,2,5,8,11,14,17-19,21-22,24-25H2,1H3,(H,29,32)(H,30,33). The Morgan fingerprint density at radius 1 is 0.833 bits per heavy atom. The molecule has 36 heavy (non-hydrogen) atoms. The average molecular weight is 548 g/mol. The number of nitrogens with one attached hydrogen (secondary N) is 2. The molecule has 0 unspecified atom stereocenters. The van der Waals surface area contributed by atoms with E-state index in [1.807, 2.05) is 0 Å². The van der Waals surface area contributed by atoms with Gasteiger partial charge in [0.15, 0.2) is 5.01 Å². The zero-order valence-corrected chi connectivity index (χ0v) is 23.9. The van der Waals surface area contributed by atoms with Gasteiger partial charge in [0, 0.05) is 42.6 Å². The van der Waals surface area contributed by atoms with Crippen molar-refractivity contribution in [2.45, 2.75) is 58.3 Å². The van der Waals surface area contributed by atoms with Crippen molar-refractivity contribution in [1.82, 2.24) is 15.6 Å². The van der Waals surface area contributed by atoms with Crippen LogP contribution in [0.15, 0.2) is 72.3 Å². The van der Waals surface area contributed by atoms with Gasteiger partial charge < -0.3 is 10.6 Å². The van der Waals surface area contributed by atoms with Crippen LogP contribution >= 0.6 is 32.9 Å². The maximum Gasteiger partial charge on any atom is 0.280 e. The summed E-state index contributed by atoms with van der Waals surface area (Å²) in [5.41, 5.74) is 0. The maximum absolute atomic E-state index is 11.9. The summed E-state index contributed by atoms with van der Waals surface area (Å²) in [5.74, 6) is 1.67. The second-order valence-electron chi connectivity index (χ2n) is 7.69. The number of hydrogen-bond donors (Lipinski definition) is 2. The van der Waals surface area contributed by atoms with Gasteiger partial charge in [-0.1, -0.05) is 89.3 Å². The zero-order valence-electron chi connectivity index (χ0n) is 21.4. The van der Waals surface area contributed by atoms with E-state index >= 15 is 0 Å². The van der Waals surface area contributed by atoms with Gasteiger partial charge in [-0.05, 0) is 44.9 Å². The number of carbonyl (C=O) groups is 2. The number of thiazole rings is 1. The summed E-state index contributed by atoms with van der Waals surface area (Å²) in [7, 11) is 3.40. The fourth-order valence-corrected chi connectivity index (χ4v) is 5.17. The van der Waals surface area contributed by atoms with Gasteiger partial charge in [-0.15, -0.1) is 11.3 Å². The second-order valence-corrected chi connectivity index (χ2v) is 11.3. The predicted molar refractivity (Wildman–Crippen MR) is 161 cm³/mol. The minimum atomic E-state index is -0.118. The molecule has 2 N–H and O–H groups in total. The Morgan fingerprint density at radius 3 is 1.94 bits per heavy atom. The van der Waals surface area contributed by atoms with Crippen LogP contribution in [0.25, 0.3) is 0 Å². The zero-order chi connectivity index (χ0) is 25.9. The number of allylic oxidation sites excluding steroid dienone is 10. The van der Waals surface area contributed by atoms with E-state index in [0.717, 1.165) is 56.5 Å². The molecule has 0 aromatic carbocycles. The first-order chi connectivity index (χ1) is 17.7. The monoisotopic (exact) mass is 547 g/mol. The first-order valence-corrected chi connectivity index (χ1v) is 16.0. The summed E-state index contributed by atoms with van der Waals surface area (Å²) >= 11 is 1.34. The van der Waals surface area contributed by atoms with Crippen molar-refractivity contribution >= 4 is 44.7 Å². The van der Waals surface area contributed by atoms with E-state index in [1.54, 1.807) is 33.2 Å². The van der Waals surface area contributed by atoms with E-state index in [1.165, 1.54) is 11.3 Å². The van der Waals surface area contributed by atoms with Gasteiger partial charge in [-0.25, -0.2) is 4.98 Å². The van der Waals surface area contributed by atoms with Crippen molar-refractivity contribution in [2.75, 3.05) is 24.6 Å². The number of amides is 2. The summed E-state index contributed by atoms with van der Waals surface area (Å²) in [6.07, 6.45) is 30.9. The van der Waals surface area contributed by atoms with Crippen LogP contribution in [0, 0.1) is 0 Å². The lowest BCUT2D eigenvalue weighted by Gasteiger charge is -2.05. The SMILES string of the molecule is CCC=CCC=CCC=CCC=CCC=CCCCC(=O)NCCSSCCNC(=O)c1nccs1. The van der Waals surface area contributed by atoms with Crippen molar-refractivity contribution < 1.29 is 9.59 Å². The minimum Gasteiger partial charge on any atom is -0.355 e. The van der Waals surface area contributed by atoms with Crippen molar-refractivity contribution in [2.24, 2.45) is 0 Å². The summed E-state index contributed by atoms with van der Waals surface area (Å²) in [5, 5.41) is 8.10. The van der Waals surface area contributed by atoms with Gasteiger partial charge in [-0.2, -0.15) is 0 Å². The van der Waals surface area contributed by atoms with Crippen LogP contribution in [-0.2, 0) is 4.79 Å². The van der Waals surface area contributed by atoms with E-state index in [-0.39, 0.29) is 11.8 Å². The fourth-order valence-electron chi connectivity index (χ4n) is 2.80. The Labute approximate surface area is 229 Å². The Hall–Kier alpha value is -2.03. The van der Waals surface area contributed by atoms with Crippen LogP contribution in [0.2, 0.25) is 0 Å². The Kier molecular flexibility index (Phi) is 21.9. The van der Waals surface area contributed by atoms with Gasteiger partial charge in [0.1, 0.15) is 0 Å². The van der Waals surface area contributed by atoms with Gasteiger partial charge in [-0.3, -0.25) is 9.59 Å². The normalized spacial score (nSPS) is 12.1. The van der Waals surface area contributed by atoms with E-state index in [2.05, 4.69) is 83.3 Å². The van der Waals surface area contributed by atoms with Crippen molar-refractivity contribution in [1.29, 1.82) is 0 Å². The summed E-state index contributed by atoms with van der Waals surface area (Å²) in [4.78, 5) is 27.6. The number of aromatic nitrogens is 1. The molecular weight excluding hydrogens is 507 g/mol. The molecule has 1 aromatic heterocycles. The molecule has 198 valence electrons. The third-order valence-corrected chi connectivity index (χ3v) is 7.80. The van der Waals surface area contributed by atoms with Crippen LogP contribution in [0.5, 0.6) is 0 Å². The van der Waals surface area contributed by atoms with Crippen LogP contribution in [-0.4, -0.2) is 41.4 Å². The molecule has 1 aromatic rings. The fraction of sp³-hybridized carbons (Fsp3) is 0.464. The van der Waals surface area contributed by atoms with Crippen molar-refractivity contribution in [3.63, 3.8) is 0 Å². The molecule has 8 heteroatoms. The third-order valence-electron chi connectivity index (χ3n) is 4.62. The van der Waals surface area contributed by atoms with E-state index in [9.17, 15) is 9.59 Å². The van der Waals surface area contributed by atoms with Crippen LogP contribution in [0.3, 0.4) is 0 Å². The smallest absolute Gasteiger partial charge is 0.280 e. The molecule has 0 aliphatic heterocycles. The lowest BCUT2D eigenvalue weighted by Crippen LogP contribution is -2.26. The Bertz CT molecular complexity index is 831. The summed E-state index contributed by atoms with van der Waals surface area (Å²) in [6, 6.07) is 0. The molecule has 1 heterocycles. The van der Waals surface area contributed by atoms with Crippen LogP contribution < -0.4 is 10.6 Å². The van der Waals surface area contributed by atoms with E-state index < -0.39 is 0 Å². The largest absolute Gasteiger partial charge is 0.355 e. The molecule has 0 radical (unpaired) electrons. The molecule has 0 saturated carbocycles. The second kappa shape index (κ2) is 24.7. The highest BCUT2D eigenvalue weighted by atomic mass is 33.1. The number of carbonyl (C=O) groups excluding carboxylic acids is 2. The lowest BCUT2D eigenvalue weighted by molar-refractivity contribution is -0.121. The molecule has 5 nitrogen and oxygen atoms in total. The molecule has 0 saturated heterocycles. The van der Waals surface area contributed by atoms with Crippen molar-refractivity contribution in [3.05, 3.63) is 77.3 Å². The van der Waals surface area contributed by atoms with E-state index in [0.29, 0.717) is 24.5 Å². The molecule has 1 rings (SSSR count). The molecule has 0 atom stereocenters. The van der Waals surface area contributed by atoms with Crippen molar-refractivity contribution in [3.8, 4) is 0 Å². The first-order valence-electron chi connectivity index (χ1n) is 12.7. The topological polar surface area (TPSA) is 71.1 Å². The van der Waals surface area contributed by atoms with Gasteiger partial charge >= 0.3 is 0 Å². The molecule has 0 bridgehead atoms. The van der Waals surface area contributed by atoms with Gasteiger partial charge in [0.25, 0.3) is 5.91 Å². The van der Waals surface area contributed by atoms with Crippen LogP contribution in [0.1, 0.15) is 68.1 Å². The maximum atomic E-state index is 11.9. The van der Waals surface area contributed by atoms with Gasteiger partial charge in [0.05, 0.1) is 0 Å². The molecule has 2 amide bonds. The highest BCUT2D eigenvalue weighted by molar-refractivity contribution is 8.76. The van der Waals surface area contributed by atoms with Gasteiger partial charge in [0.2, 0.25) is 5.91 Å². The number of nitrogens with zero attached hydrogens (tertiary/aromatic N) is 1. The predicted octanol–water partition coefficient (Wildman–Crippen LogP) is 7.29. The van der Waals surface area contributed by atoms with E-state index in [4.69, 9.17) is 0 Å². The number of rotatable bonds is 21. The Morgan fingerprint density at radius 2 is 1.39 bits per heavy atom. The average Bonchev–Trinajstić information content (AvgIpc) is 3.42. The molecule has 0 fully saturated rings. The number of hydrogen-bond acceptors (Lipinski definition) is 6. The lowest BCUT2D eigenvalue weighted by atomic mass is 10.2. The third kappa shape index (κ3) is 20.2. The molecular formula is C28H41N3O2S3. The number of unbranched alkanes of at least 4 members (excludes halogenated alkanes) is 1. The minimum absolute atomic E-state index is 0.115. The highest BCUT2D eigenvalue weighted by Gasteiger charge is 2.06. The molecule has 0 spiro atoms. The highest BCUT2D eigenvalue weighted by Crippen LogP contribution is 2.19. The Balaban J connectivity index is 1.86. The quantitative estimate of drug-likeness (QED) is 0.0960. The summed E-state index contributed by atoms with van der Waals surface area (Å²) in [6.45, 7) is 3.43.